The summed E-state index contributed by atoms with van der Waals surface area (Å²) in [6.07, 6.45) is 0. The number of benzene rings is 3. The highest BCUT2D eigenvalue weighted by Gasteiger charge is 2.16. The van der Waals surface area contributed by atoms with Gasteiger partial charge in [0.15, 0.2) is 0 Å². The van der Waals surface area contributed by atoms with Crippen LogP contribution in [0.15, 0.2) is 83.8 Å². The van der Waals surface area contributed by atoms with Crippen molar-refractivity contribution in [2.75, 3.05) is 4.72 Å². The number of nitro benzene ring substituents is 1. The van der Waals surface area contributed by atoms with Crippen LogP contribution in [0.5, 0.6) is 11.5 Å². The number of hydrogen-bond acceptors (Lipinski definition) is 5. The highest BCUT2D eigenvalue weighted by Crippen LogP contribution is 2.24. The maximum absolute atomic E-state index is 12.3. The second-order valence-electron chi connectivity index (χ2n) is 5.30. The second kappa shape index (κ2) is 7.24. The number of sulfonamides is 1. The number of para-hydroxylation sites is 1. The van der Waals surface area contributed by atoms with Crippen molar-refractivity contribution in [3.63, 3.8) is 0 Å². The summed E-state index contributed by atoms with van der Waals surface area (Å²) in [5.74, 6) is 1.24. The van der Waals surface area contributed by atoms with E-state index in [0.29, 0.717) is 17.2 Å². The summed E-state index contributed by atoms with van der Waals surface area (Å²) < 4.78 is 32.8. The Morgan fingerprint density at radius 1 is 0.808 bits per heavy atom. The lowest BCUT2D eigenvalue weighted by Gasteiger charge is -2.09. The maximum atomic E-state index is 12.3. The van der Waals surface area contributed by atoms with E-state index in [4.69, 9.17) is 4.74 Å². The fraction of sp³-hybridized carbons (Fsp3) is 0. The topological polar surface area (TPSA) is 98.5 Å². The average molecular weight is 370 g/mol. The summed E-state index contributed by atoms with van der Waals surface area (Å²) in [4.78, 5) is 9.99. The number of rotatable bonds is 6. The van der Waals surface area contributed by atoms with Gasteiger partial charge >= 0.3 is 0 Å². The van der Waals surface area contributed by atoms with Crippen molar-refractivity contribution < 1.29 is 18.1 Å². The zero-order valence-electron chi connectivity index (χ0n) is 13.4. The summed E-state index contributed by atoms with van der Waals surface area (Å²) in [7, 11) is -3.84. The average Bonchev–Trinajstić information content (AvgIpc) is 2.64. The highest BCUT2D eigenvalue weighted by atomic mass is 32.2. The van der Waals surface area contributed by atoms with E-state index in [1.165, 1.54) is 12.1 Å². The van der Waals surface area contributed by atoms with Crippen molar-refractivity contribution >= 4 is 21.4 Å². The second-order valence-corrected chi connectivity index (χ2v) is 6.98. The van der Waals surface area contributed by atoms with Crippen molar-refractivity contribution in [3.05, 3.63) is 89.0 Å². The lowest BCUT2D eigenvalue weighted by atomic mass is 10.3. The van der Waals surface area contributed by atoms with Crippen LogP contribution in [0.25, 0.3) is 0 Å². The number of anilines is 1. The van der Waals surface area contributed by atoms with Gasteiger partial charge in [0.2, 0.25) is 0 Å². The minimum Gasteiger partial charge on any atom is -0.457 e. The molecule has 0 aliphatic rings. The normalized spacial score (nSPS) is 10.9. The molecule has 0 saturated heterocycles. The maximum Gasteiger partial charge on any atom is 0.269 e. The van der Waals surface area contributed by atoms with Gasteiger partial charge in [-0.15, -0.1) is 0 Å². The van der Waals surface area contributed by atoms with E-state index in [1.807, 2.05) is 30.3 Å². The molecule has 0 amide bonds. The smallest absolute Gasteiger partial charge is 0.269 e. The van der Waals surface area contributed by atoms with E-state index in [1.54, 1.807) is 24.3 Å². The predicted molar refractivity (Wildman–Crippen MR) is 96.9 cm³/mol. The first-order chi connectivity index (χ1) is 12.4. The van der Waals surface area contributed by atoms with Crippen molar-refractivity contribution in [2.24, 2.45) is 0 Å². The molecule has 26 heavy (non-hydrogen) atoms. The molecule has 0 spiro atoms. The van der Waals surface area contributed by atoms with Crippen LogP contribution in [-0.4, -0.2) is 13.3 Å². The fourth-order valence-electron chi connectivity index (χ4n) is 2.18. The third kappa shape index (κ3) is 4.17. The molecule has 1 N–H and O–H groups in total. The molecule has 0 saturated carbocycles. The van der Waals surface area contributed by atoms with Gasteiger partial charge in [0.05, 0.1) is 9.82 Å². The molecule has 0 bridgehead atoms. The number of nitrogens with zero attached hydrogens (tertiary/aromatic N) is 1. The van der Waals surface area contributed by atoms with Crippen LogP contribution >= 0.6 is 0 Å². The first-order valence-corrected chi connectivity index (χ1v) is 9.03. The van der Waals surface area contributed by atoms with Gasteiger partial charge in [-0.2, -0.15) is 0 Å². The quantitative estimate of drug-likeness (QED) is 0.518. The molecule has 7 nitrogen and oxygen atoms in total. The van der Waals surface area contributed by atoms with Crippen molar-refractivity contribution in [1.29, 1.82) is 0 Å². The Morgan fingerprint density at radius 3 is 1.96 bits per heavy atom. The molecule has 0 radical (unpaired) electrons. The standard InChI is InChI=1S/C18H14N2O5S/c21-20(22)15-8-12-18(13-9-15)26(23,24)19-14-6-10-17(11-7-14)25-16-4-2-1-3-5-16/h1-13,19H. The Balaban J connectivity index is 1.72. The number of nitrogens with one attached hydrogen (secondary N) is 1. The number of hydrogen-bond donors (Lipinski definition) is 1. The molecule has 0 aliphatic carbocycles. The largest absolute Gasteiger partial charge is 0.457 e. The monoisotopic (exact) mass is 370 g/mol. The van der Waals surface area contributed by atoms with Crippen LogP contribution in [0.3, 0.4) is 0 Å². The summed E-state index contributed by atoms with van der Waals surface area (Å²) >= 11 is 0. The molecule has 3 aromatic rings. The van der Waals surface area contributed by atoms with Crippen LogP contribution in [-0.2, 0) is 10.0 Å². The van der Waals surface area contributed by atoms with E-state index in [-0.39, 0.29) is 10.6 Å². The van der Waals surface area contributed by atoms with Crippen LogP contribution in [0.2, 0.25) is 0 Å². The van der Waals surface area contributed by atoms with Crippen molar-refractivity contribution in [1.82, 2.24) is 0 Å². The van der Waals surface area contributed by atoms with Gasteiger partial charge in [0.25, 0.3) is 15.7 Å². The van der Waals surface area contributed by atoms with Crippen LogP contribution < -0.4 is 9.46 Å². The van der Waals surface area contributed by atoms with Crippen LogP contribution in [0, 0.1) is 10.1 Å². The summed E-state index contributed by atoms with van der Waals surface area (Å²) in [5, 5.41) is 10.6. The van der Waals surface area contributed by atoms with E-state index in [2.05, 4.69) is 4.72 Å². The van der Waals surface area contributed by atoms with Gasteiger partial charge in [-0.3, -0.25) is 14.8 Å². The lowest BCUT2D eigenvalue weighted by Crippen LogP contribution is -2.12. The van der Waals surface area contributed by atoms with Crippen molar-refractivity contribution in [2.45, 2.75) is 4.90 Å². The van der Waals surface area contributed by atoms with Gasteiger partial charge < -0.3 is 4.74 Å². The SMILES string of the molecule is O=[N+]([O-])c1ccc(S(=O)(=O)Nc2ccc(Oc3ccccc3)cc2)cc1. The number of nitro groups is 1. The van der Waals surface area contributed by atoms with E-state index >= 15 is 0 Å². The molecule has 132 valence electrons. The zero-order valence-corrected chi connectivity index (χ0v) is 14.2. The molecular weight excluding hydrogens is 356 g/mol. The number of ether oxygens (including phenoxy) is 1. The molecule has 0 aliphatic heterocycles. The Hall–Kier alpha value is -3.39. The van der Waals surface area contributed by atoms with Gasteiger partial charge in [0.1, 0.15) is 11.5 Å². The Morgan fingerprint density at radius 2 is 1.38 bits per heavy atom. The fourth-order valence-corrected chi connectivity index (χ4v) is 3.24. The molecular formula is C18H14N2O5S. The molecule has 0 aromatic heterocycles. The van der Waals surface area contributed by atoms with Gasteiger partial charge in [-0.25, -0.2) is 8.42 Å². The molecule has 0 heterocycles. The zero-order chi connectivity index (χ0) is 18.6. The van der Waals surface area contributed by atoms with Gasteiger partial charge in [-0.05, 0) is 48.5 Å². The van der Waals surface area contributed by atoms with E-state index < -0.39 is 14.9 Å². The van der Waals surface area contributed by atoms with E-state index in [9.17, 15) is 18.5 Å². The minimum atomic E-state index is -3.84. The first-order valence-electron chi connectivity index (χ1n) is 7.54. The highest BCUT2D eigenvalue weighted by molar-refractivity contribution is 7.92. The predicted octanol–water partition coefficient (Wildman–Crippen LogP) is 4.19. The number of non-ortho nitro benzene ring substituents is 1. The molecule has 8 heteroatoms. The Labute approximate surface area is 150 Å². The minimum absolute atomic E-state index is 0.0623. The third-order valence-corrected chi connectivity index (χ3v) is 4.84. The molecule has 0 atom stereocenters. The van der Waals surface area contributed by atoms with Gasteiger partial charge in [0, 0.05) is 17.8 Å². The lowest BCUT2D eigenvalue weighted by molar-refractivity contribution is -0.384. The molecule has 3 aromatic carbocycles. The van der Waals surface area contributed by atoms with E-state index in [0.717, 1.165) is 12.1 Å². The molecule has 0 unspecified atom stereocenters. The third-order valence-electron chi connectivity index (χ3n) is 3.44. The first kappa shape index (κ1) is 17.4. The van der Waals surface area contributed by atoms with Crippen LogP contribution in [0.4, 0.5) is 11.4 Å². The molecule has 0 fully saturated rings. The summed E-state index contributed by atoms with van der Waals surface area (Å²) in [6.45, 7) is 0. The van der Waals surface area contributed by atoms with Gasteiger partial charge in [-0.1, -0.05) is 18.2 Å². The van der Waals surface area contributed by atoms with Crippen molar-refractivity contribution in [3.8, 4) is 11.5 Å². The van der Waals surface area contributed by atoms with Crippen LogP contribution in [0.1, 0.15) is 0 Å². The molecule has 3 rings (SSSR count). The Bertz CT molecular complexity index is 1000. The Kier molecular flexibility index (Phi) is 4.85. The summed E-state index contributed by atoms with van der Waals surface area (Å²) in [6, 6.07) is 20.3. The summed E-state index contributed by atoms with van der Waals surface area (Å²) in [5.41, 5.74) is 0.176.